The largest absolute Gasteiger partial charge is 0.326 e. The van der Waals surface area contributed by atoms with Crippen molar-refractivity contribution in [2.45, 2.75) is 31.2 Å². The molecule has 1 aliphatic carbocycles. The van der Waals surface area contributed by atoms with Gasteiger partial charge in [-0.1, -0.05) is 24.3 Å². The molecule has 5 heteroatoms. The summed E-state index contributed by atoms with van der Waals surface area (Å²) in [7, 11) is -1.50. The van der Waals surface area contributed by atoms with E-state index in [2.05, 4.69) is 0 Å². The SMILES string of the molecule is CN(C1CC1)S(=O)(=O)Cc1ccc(CN)cc1. The molecular formula is C12H18N2O2S. The smallest absolute Gasteiger partial charge is 0.218 e. The van der Waals surface area contributed by atoms with Crippen LogP contribution < -0.4 is 5.73 Å². The summed E-state index contributed by atoms with van der Waals surface area (Å²) >= 11 is 0. The lowest BCUT2D eigenvalue weighted by molar-refractivity contribution is 0.463. The van der Waals surface area contributed by atoms with Crippen molar-refractivity contribution >= 4 is 10.0 Å². The van der Waals surface area contributed by atoms with E-state index in [0.717, 1.165) is 24.0 Å². The number of hydrogen-bond donors (Lipinski definition) is 1. The zero-order valence-electron chi connectivity index (χ0n) is 9.96. The topological polar surface area (TPSA) is 63.4 Å². The highest BCUT2D eigenvalue weighted by atomic mass is 32.2. The average molecular weight is 254 g/mol. The van der Waals surface area contributed by atoms with Crippen molar-refractivity contribution in [2.75, 3.05) is 7.05 Å². The predicted molar refractivity (Wildman–Crippen MR) is 67.7 cm³/mol. The first-order valence-corrected chi connectivity index (χ1v) is 7.37. The second-order valence-electron chi connectivity index (χ2n) is 4.52. The van der Waals surface area contributed by atoms with E-state index in [0.29, 0.717) is 6.54 Å². The number of rotatable bonds is 5. The lowest BCUT2D eigenvalue weighted by atomic mass is 10.1. The van der Waals surface area contributed by atoms with Crippen LogP contribution in [0.3, 0.4) is 0 Å². The number of nitrogens with two attached hydrogens (primary N) is 1. The van der Waals surface area contributed by atoms with Crippen LogP contribution in [-0.4, -0.2) is 25.8 Å². The Morgan fingerprint density at radius 3 is 2.24 bits per heavy atom. The molecule has 0 saturated heterocycles. The highest BCUT2D eigenvalue weighted by Gasteiger charge is 2.33. The van der Waals surface area contributed by atoms with Crippen LogP contribution in [0.25, 0.3) is 0 Å². The normalized spacial score (nSPS) is 16.4. The third kappa shape index (κ3) is 3.06. The molecule has 0 spiro atoms. The van der Waals surface area contributed by atoms with Gasteiger partial charge in [0.15, 0.2) is 0 Å². The minimum Gasteiger partial charge on any atom is -0.326 e. The first kappa shape index (κ1) is 12.5. The van der Waals surface area contributed by atoms with E-state index in [1.54, 1.807) is 7.05 Å². The fourth-order valence-corrected chi connectivity index (χ4v) is 3.23. The first-order chi connectivity index (χ1) is 8.03. The molecule has 1 aromatic carbocycles. The van der Waals surface area contributed by atoms with Crippen LogP contribution in [0.2, 0.25) is 0 Å². The number of hydrogen-bond acceptors (Lipinski definition) is 3. The monoisotopic (exact) mass is 254 g/mol. The summed E-state index contributed by atoms with van der Waals surface area (Å²) in [5, 5.41) is 0. The maximum atomic E-state index is 12.0. The summed E-state index contributed by atoms with van der Waals surface area (Å²) in [4.78, 5) is 0. The van der Waals surface area contributed by atoms with Crippen LogP contribution in [-0.2, 0) is 22.3 Å². The molecule has 2 rings (SSSR count). The summed E-state index contributed by atoms with van der Waals surface area (Å²) in [6.45, 7) is 0.481. The van der Waals surface area contributed by atoms with Crippen LogP contribution in [0.4, 0.5) is 0 Å². The Labute approximate surface area is 102 Å². The van der Waals surface area contributed by atoms with E-state index in [1.165, 1.54) is 4.31 Å². The molecule has 17 heavy (non-hydrogen) atoms. The van der Waals surface area contributed by atoms with Gasteiger partial charge in [0, 0.05) is 19.6 Å². The van der Waals surface area contributed by atoms with Gasteiger partial charge in [0.05, 0.1) is 5.75 Å². The summed E-state index contributed by atoms with van der Waals surface area (Å²) in [5.41, 5.74) is 7.33. The second-order valence-corrected chi connectivity index (χ2v) is 6.55. The van der Waals surface area contributed by atoms with Crippen molar-refractivity contribution in [3.63, 3.8) is 0 Å². The van der Waals surface area contributed by atoms with Gasteiger partial charge in [-0.15, -0.1) is 0 Å². The molecule has 1 aliphatic rings. The van der Waals surface area contributed by atoms with Crippen molar-refractivity contribution in [1.82, 2.24) is 4.31 Å². The van der Waals surface area contributed by atoms with E-state index in [-0.39, 0.29) is 11.8 Å². The van der Waals surface area contributed by atoms with Crippen molar-refractivity contribution in [3.8, 4) is 0 Å². The molecule has 0 heterocycles. The zero-order valence-corrected chi connectivity index (χ0v) is 10.8. The van der Waals surface area contributed by atoms with Gasteiger partial charge >= 0.3 is 0 Å². The summed E-state index contributed by atoms with van der Waals surface area (Å²) < 4.78 is 25.6. The number of nitrogens with zero attached hydrogens (tertiary/aromatic N) is 1. The number of sulfonamides is 1. The van der Waals surface area contributed by atoms with Crippen LogP contribution in [0.5, 0.6) is 0 Å². The first-order valence-electron chi connectivity index (χ1n) is 5.76. The highest BCUT2D eigenvalue weighted by Crippen LogP contribution is 2.28. The Kier molecular flexibility index (Phi) is 3.51. The molecule has 1 saturated carbocycles. The van der Waals surface area contributed by atoms with Crippen molar-refractivity contribution < 1.29 is 8.42 Å². The van der Waals surface area contributed by atoms with Gasteiger partial charge in [-0.2, -0.15) is 0 Å². The third-order valence-electron chi connectivity index (χ3n) is 3.11. The molecule has 2 N–H and O–H groups in total. The highest BCUT2D eigenvalue weighted by molar-refractivity contribution is 7.88. The molecule has 94 valence electrons. The maximum absolute atomic E-state index is 12.0. The second kappa shape index (κ2) is 4.76. The van der Waals surface area contributed by atoms with E-state index in [9.17, 15) is 8.42 Å². The lowest BCUT2D eigenvalue weighted by Gasteiger charge is -2.16. The third-order valence-corrected chi connectivity index (χ3v) is 4.98. The van der Waals surface area contributed by atoms with Crippen LogP contribution >= 0.6 is 0 Å². The Balaban J connectivity index is 2.08. The minimum atomic E-state index is -3.17. The molecule has 0 bridgehead atoms. The molecule has 0 aliphatic heterocycles. The molecule has 4 nitrogen and oxygen atoms in total. The fraction of sp³-hybridized carbons (Fsp3) is 0.500. The Hall–Kier alpha value is -0.910. The van der Waals surface area contributed by atoms with E-state index < -0.39 is 10.0 Å². The van der Waals surface area contributed by atoms with Crippen molar-refractivity contribution in [1.29, 1.82) is 0 Å². The van der Waals surface area contributed by atoms with Crippen molar-refractivity contribution in [2.24, 2.45) is 5.73 Å². The minimum absolute atomic E-state index is 0.0743. The van der Waals surface area contributed by atoms with Gasteiger partial charge in [-0.25, -0.2) is 12.7 Å². The van der Waals surface area contributed by atoms with E-state index in [1.807, 2.05) is 24.3 Å². The Morgan fingerprint density at radius 1 is 1.24 bits per heavy atom. The maximum Gasteiger partial charge on any atom is 0.218 e. The molecule has 0 aromatic heterocycles. The molecule has 1 fully saturated rings. The van der Waals surface area contributed by atoms with Crippen LogP contribution in [0, 0.1) is 0 Å². The van der Waals surface area contributed by atoms with Gasteiger partial charge in [0.1, 0.15) is 0 Å². The zero-order chi connectivity index (χ0) is 12.5. The lowest BCUT2D eigenvalue weighted by Crippen LogP contribution is -2.30. The van der Waals surface area contributed by atoms with Gasteiger partial charge in [-0.3, -0.25) is 0 Å². The van der Waals surface area contributed by atoms with Crippen molar-refractivity contribution in [3.05, 3.63) is 35.4 Å². The molecule has 0 atom stereocenters. The summed E-state index contributed by atoms with van der Waals surface area (Å²) in [5.74, 6) is 0.0743. The summed E-state index contributed by atoms with van der Waals surface area (Å²) in [6.07, 6.45) is 1.98. The van der Waals surface area contributed by atoms with E-state index in [4.69, 9.17) is 5.73 Å². The van der Waals surface area contributed by atoms with Crippen LogP contribution in [0.15, 0.2) is 24.3 Å². The average Bonchev–Trinajstić information content (AvgIpc) is 3.12. The number of benzene rings is 1. The van der Waals surface area contributed by atoms with Gasteiger partial charge in [0.25, 0.3) is 0 Å². The van der Waals surface area contributed by atoms with Gasteiger partial charge in [-0.05, 0) is 24.0 Å². The molecule has 0 amide bonds. The van der Waals surface area contributed by atoms with Gasteiger partial charge in [0.2, 0.25) is 10.0 Å². The predicted octanol–water partition coefficient (Wildman–Crippen LogP) is 1.07. The molecule has 1 aromatic rings. The quantitative estimate of drug-likeness (QED) is 0.855. The molecule has 0 radical (unpaired) electrons. The van der Waals surface area contributed by atoms with E-state index >= 15 is 0 Å². The van der Waals surface area contributed by atoms with Crippen LogP contribution in [0.1, 0.15) is 24.0 Å². The summed E-state index contributed by atoms with van der Waals surface area (Å²) in [6, 6.07) is 7.65. The Bertz CT molecular complexity index is 478. The fourth-order valence-electron chi connectivity index (χ4n) is 1.75. The molecule has 0 unspecified atom stereocenters. The molecular weight excluding hydrogens is 236 g/mol. The van der Waals surface area contributed by atoms with Gasteiger partial charge < -0.3 is 5.73 Å². The Morgan fingerprint density at radius 2 is 1.76 bits per heavy atom. The standard InChI is InChI=1S/C12H18N2O2S/c1-14(12-6-7-12)17(15,16)9-11-4-2-10(8-13)3-5-11/h2-5,12H,6-9,13H2,1H3.